The second-order valence-corrected chi connectivity index (χ2v) is 11.0. The summed E-state index contributed by atoms with van der Waals surface area (Å²) in [5, 5.41) is 7.12. The minimum Gasteiger partial charge on any atom is -0.475 e. The molecule has 0 unspecified atom stereocenters. The summed E-state index contributed by atoms with van der Waals surface area (Å²) in [5.74, 6) is -2.76. The zero-order valence-corrected chi connectivity index (χ0v) is 14.9. The van der Waals surface area contributed by atoms with Crippen LogP contribution < -0.4 is 0 Å². The second-order valence-electron chi connectivity index (χ2n) is 5.92. The zero-order valence-electron chi connectivity index (χ0n) is 13.9. The average Bonchev–Trinajstić information content (AvgIpc) is 2.40. The molecule has 6 heteroatoms. The minimum absolute atomic E-state index is 0.812. The SMILES string of the molecule is CCCC[PH](C)(CCCC)CCCC.O=C(O)C(F)(F)F. The Morgan fingerprint density at radius 1 is 0.905 bits per heavy atom. The summed E-state index contributed by atoms with van der Waals surface area (Å²) >= 11 is 0. The van der Waals surface area contributed by atoms with Gasteiger partial charge in [-0.3, -0.25) is 0 Å². The molecule has 1 N–H and O–H groups in total. The molecule has 2 nitrogen and oxygen atoms in total. The van der Waals surface area contributed by atoms with Gasteiger partial charge in [0.15, 0.2) is 0 Å². The van der Waals surface area contributed by atoms with E-state index in [1.807, 2.05) is 0 Å². The molecule has 0 aliphatic heterocycles. The van der Waals surface area contributed by atoms with Crippen molar-refractivity contribution in [2.24, 2.45) is 0 Å². The average molecular weight is 332 g/mol. The molecule has 0 aliphatic rings. The fourth-order valence-electron chi connectivity index (χ4n) is 2.19. The molecule has 0 bridgehead atoms. The number of halogens is 3. The maximum Gasteiger partial charge on any atom is 0.490 e. The van der Waals surface area contributed by atoms with Gasteiger partial charge in [0.05, 0.1) is 0 Å². The van der Waals surface area contributed by atoms with Crippen LogP contribution in [0.3, 0.4) is 0 Å². The predicted octanol–water partition coefficient (Wildman–Crippen LogP) is 5.40. The third-order valence-corrected chi connectivity index (χ3v) is 8.33. The molecule has 0 heterocycles. The summed E-state index contributed by atoms with van der Waals surface area (Å²) in [4.78, 5) is 8.90. The number of unbranched alkanes of at least 4 members (excludes halogenated alkanes) is 3. The Morgan fingerprint density at radius 2 is 1.14 bits per heavy atom. The van der Waals surface area contributed by atoms with Crippen LogP contribution in [0.4, 0.5) is 13.2 Å². The van der Waals surface area contributed by atoms with Crippen LogP contribution in [0.1, 0.15) is 59.3 Å². The molecule has 0 rings (SSSR count). The van der Waals surface area contributed by atoms with Crippen LogP contribution in [0.2, 0.25) is 0 Å². The number of carboxylic acid groups (broad SMARTS) is 1. The summed E-state index contributed by atoms with van der Waals surface area (Å²) in [5.41, 5.74) is 0. The molecule has 0 aromatic carbocycles. The number of alkyl halides is 3. The maximum absolute atomic E-state index is 10.6. The van der Waals surface area contributed by atoms with Gasteiger partial charge in [-0.05, 0) is 0 Å². The van der Waals surface area contributed by atoms with Crippen molar-refractivity contribution in [2.45, 2.75) is 65.5 Å². The maximum atomic E-state index is 10.6. The van der Waals surface area contributed by atoms with E-state index in [1.165, 1.54) is 38.5 Å². The largest absolute Gasteiger partial charge is 0.490 e. The van der Waals surface area contributed by atoms with Gasteiger partial charge in [0.1, 0.15) is 0 Å². The van der Waals surface area contributed by atoms with E-state index in [0.717, 1.165) is 0 Å². The first kappa shape index (κ1) is 23.0. The molecule has 0 amide bonds. The monoisotopic (exact) mass is 332 g/mol. The molecule has 0 aromatic heterocycles. The molecule has 21 heavy (non-hydrogen) atoms. The van der Waals surface area contributed by atoms with E-state index in [-0.39, 0.29) is 0 Å². The van der Waals surface area contributed by atoms with Crippen molar-refractivity contribution in [3.05, 3.63) is 0 Å². The van der Waals surface area contributed by atoms with Crippen LogP contribution in [0, 0.1) is 0 Å². The molecule has 130 valence electrons. The van der Waals surface area contributed by atoms with Crippen molar-refractivity contribution in [2.75, 3.05) is 25.2 Å². The van der Waals surface area contributed by atoms with Crippen molar-refractivity contribution >= 4 is 13.2 Å². The quantitative estimate of drug-likeness (QED) is 0.574. The van der Waals surface area contributed by atoms with Gasteiger partial charge in [-0.2, -0.15) is 13.2 Å². The van der Waals surface area contributed by atoms with E-state index >= 15 is 0 Å². The second kappa shape index (κ2) is 12.3. The van der Waals surface area contributed by atoms with Crippen LogP contribution in [-0.4, -0.2) is 42.4 Å². The first-order valence-electron chi connectivity index (χ1n) is 7.93. The third kappa shape index (κ3) is 14.4. The summed E-state index contributed by atoms with van der Waals surface area (Å²) in [7, 11) is -0.812. The van der Waals surface area contributed by atoms with Gasteiger partial charge in [0, 0.05) is 0 Å². The standard InChI is InChI=1S/C13H31P.C2HF3O2/c1-5-8-11-14(4,12-9-6-2)13-10-7-3;3-2(4,5)1(6)7/h14H,5-13H2,1-4H3;(H,6,7). The van der Waals surface area contributed by atoms with Crippen LogP contribution in [0.5, 0.6) is 0 Å². The van der Waals surface area contributed by atoms with E-state index in [2.05, 4.69) is 27.4 Å². The molecular weight excluding hydrogens is 300 g/mol. The van der Waals surface area contributed by atoms with Gasteiger partial charge >= 0.3 is 104 Å². The van der Waals surface area contributed by atoms with Crippen LogP contribution in [0.25, 0.3) is 0 Å². The first-order chi connectivity index (χ1) is 9.63. The molecule has 0 spiro atoms. The van der Waals surface area contributed by atoms with E-state index in [1.54, 1.807) is 18.5 Å². The third-order valence-electron chi connectivity index (χ3n) is 3.64. The molecule has 0 radical (unpaired) electrons. The van der Waals surface area contributed by atoms with Crippen molar-refractivity contribution in [1.29, 1.82) is 0 Å². The van der Waals surface area contributed by atoms with E-state index < -0.39 is 19.4 Å². The van der Waals surface area contributed by atoms with Gasteiger partial charge in [-0.25, -0.2) is 4.79 Å². The van der Waals surface area contributed by atoms with Crippen LogP contribution in [-0.2, 0) is 4.79 Å². The Labute approximate surface area is 127 Å². The number of carbonyl (C=O) groups is 1. The number of hydrogen-bond donors (Lipinski definition) is 1. The normalized spacial score (nSPS) is 12.5. The molecular formula is C15H32F3O2P. The molecule has 0 atom stereocenters. The smallest absolute Gasteiger partial charge is 0.475 e. The molecule has 0 aromatic rings. The van der Waals surface area contributed by atoms with Gasteiger partial charge < -0.3 is 5.11 Å². The summed E-state index contributed by atoms with van der Waals surface area (Å²) < 4.78 is 31.7. The minimum atomic E-state index is -5.08. The van der Waals surface area contributed by atoms with Gasteiger partial charge in [0.25, 0.3) is 0 Å². The molecule has 0 fully saturated rings. The Morgan fingerprint density at radius 3 is 1.29 bits per heavy atom. The Bertz CT molecular complexity index is 246. The predicted molar refractivity (Wildman–Crippen MR) is 87.3 cm³/mol. The fraction of sp³-hybridized carbons (Fsp3) is 0.933. The Balaban J connectivity index is 0. The van der Waals surface area contributed by atoms with Crippen molar-refractivity contribution in [3.63, 3.8) is 0 Å². The van der Waals surface area contributed by atoms with Gasteiger partial charge in [0.2, 0.25) is 0 Å². The van der Waals surface area contributed by atoms with Crippen molar-refractivity contribution < 1.29 is 23.1 Å². The van der Waals surface area contributed by atoms with Crippen molar-refractivity contribution in [1.82, 2.24) is 0 Å². The zero-order chi connectivity index (χ0) is 16.9. The fourth-order valence-corrected chi connectivity index (χ4v) is 6.56. The Kier molecular flexibility index (Phi) is 13.4. The number of aliphatic carboxylic acids is 1. The summed E-state index contributed by atoms with van der Waals surface area (Å²) in [6, 6.07) is 0. The van der Waals surface area contributed by atoms with Gasteiger partial charge in [-0.1, -0.05) is 0 Å². The van der Waals surface area contributed by atoms with Crippen molar-refractivity contribution in [3.8, 4) is 0 Å². The topological polar surface area (TPSA) is 37.3 Å². The van der Waals surface area contributed by atoms with Gasteiger partial charge in [-0.15, -0.1) is 0 Å². The first-order valence-corrected chi connectivity index (χ1v) is 11.0. The summed E-state index contributed by atoms with van der Waals surface area (Å²) in [6.07, 6.45) is 8.29. The van der Waals surface area contributed by atoms with Crippen LogP contribution in [0.15, 0.2) is 0 Å². The molecule has 0 aliphatic carbocycles. The van der Waals surface area contributed by atoms with E-state index in [9.17, 15) is 13.2 Å². The molecule has 0 saturated carbocycles. The Hall–Kier alpha value is -0.310. The summed E-state index contributed by atoms with van der Waals surface area (Å²) in [6.45, 7) is 9.63. The molecule has 0 saturated heterocycles. The number of rotatable bonds is 9. The van der Waals surface area contributed by atoms with Crippen LogP contribution >= 0.6 is 7.26 Å². The number of carboxylic acids is 1. The van der Waals surface area contributed by atoms with E-state index in [0.29, 0.717) is 0 Å². The number of hydrogen-bond acceptors (Lipinski definition) is 1. The van der Waals surface area contributed by atoms with E-state index in [4.69, 9.17) is 9.90 Å².